The molecule has 37 heavy (non-hydrogen) atoms. The number of carbonyl (C=O) groups is 1. The van der Waals surface area contributed by atoms with Crippen molar-refractivity contribution in [2.45, 2.75) is 57.7 Å². The van der Waals surface area contributed by atoms with E-state index in [-0.39, 0.29) is 12.2 Å². The largest absolute Gasteiger partial charge is 0.494 e. The monoisotopic (exact) mass is 503 g/mol. The van der Waals surface area contributed by atoms with E-state index in [1.54, 1.807) is 10.9 Å². The third-order valence-electron chi connectivity index (χ3n) is 7.63. The molecule has 1 N–H and O–H groups in total. The Morgan fingerprint density at radius 1 is 1.00 bits per heavy atom. The number of alkyl carbamates (subject to hydrolysis) is 1. The summed E-state index contributed by atoms with van der Waals surface area (Å²) in [4.78, 5) is 15.3. The second-order valence-corrected chi connectivity index (χ2v) is 10.6. The highest BCUT2D eigenvalue weighted by molar-refractivity contribution is 5.69. The fraction of sp³-hybridized carbons (Fsp3) is 0.483. The van der Waals surface area contributed by atoms with Gasteiger partial charge in [0.2, 0.25) is 0 Å². The number of aromatic nitrogens is 3. The summed E-state index contributed by atoms with van der Waals surface area (Å²) in [6, 6.07) is 16.5. The van der Waals surface area contributed by atoms with Crippen LogP contribution in [0.2, 0.25) is 0 Å². The van der Waals surface area contributed by atoms with Crippen LogP contribution in [0, 0.1) is 5.92 Å². The van der Waals surface area contributed by atoms with Gasteiger partial charge in [0.1, 0.15) is 11.9 Å². The fourth-order valence-corrected chi connectivity index (χ4v) is 5.33. The van der Waals surface area contributed by atoms with Crippen LogP contribution in [0.15, 0.2) is 60.9 Å². The second kappa shape index (κ2) is 11.3. The normalized spacial score (nSPS) is 21.3. The molecule has 0 aliphatic carbocycles. The maximum absolute atomic E-state index is 12.8. The van der Waals surface area contributed by atoms with Gasteiger partial charge in [-0.15, -0.1) is 5.10 Å². The molecule has 3 aromatic rings. The van der Waals surface area contributed by atoms with Crippen LogP contribution in [0.5, 0.6) is 5.75 Å². The maximum Gasteiger partial charge on any atom is 0.408 e. The summed E-state index contributed by atoms with van der Waals surface area (Å²) < 4.78 is 13.6. The zero-order chi connectivity index (χ0) is 25.7. The van der Waals surface area contributed by atoms with Crippen molar-refractivity contribution in [2.75, 3.05) is 26.2 Å². The number of ether oxygens (including phenoxy) is 2. The molecule has 3 aliphatic rings. The van der Waals surface area contributed by atoms with E-state index < -0.39 is 5.54 Å². The van der Waals surface area contributed by atoms with Crippen molar-refractivity contribution in [3.8, 4) is 16.9 Å². The zero-order valence-electron chi connectivity index (χ0n) is 21.8. The smallest absolute Gasteiger partial charge is 0.408 e. The minimum atomic E-state index is -0.536. The number of amides is 1. The van der Waals surface area contributed by atoms with Crippen molar-refractivity contribution in [3.63, 3.8) is 0 Å². The van der Waals surface area contributed by atoms with Crippen LogP contribution < -0.4 is 10.1 Å². The second-order valence-electron chi connectivity index (χ2n) is 10.6. The first kappa shape index (κ1) is 25.3. The summed E-state index contributed by atoms with van der Waals surface area (Å²) >= 11 is 0. The number of carbonyl (C=O) groups excluding carboxylic acids is 1. The highest BCUT2D eigenvalue weighted by Crippen LogP contribution is 2.30. The van der Waals surface area contributed by atoms with Crippen molar-refractivity contribution in [1.29, 1.82) is 0 Å². The number of hydrogen-bond donors (Lipinski definition) is 1. The van der Waals surface area contributed by atoms with E-state index in [1.165, 1.54) is 0 Å². The molecule has 8 nitrogen and oxygen atoms in total. The molecule has 0 saturated carbocycles. The predicted molar refractivity (Wildman–Crippen MR) is 142 cm³/mol. The van der Waals surface area contributed by atoms with Crippen LogP contribution in [-0.4, -0.2) is 58.3 Å². The molecular formula is C29H37N5O3. The summed E-state index contributed by atoms with van der Waals surface area (Å²) in [5, 5.41) is 10.9. The predicted octanol–water partition coefficient (Wildman–Crippen LogP) is 4.86. The van der Waals surface area contributed by atoms with E-state index in [0.29, 0.717) is 12.5 Å². The van der Waals surface area contributed by atoms with Gasteiger partial charge in [0.05, 0.1) is 18.3 Å². The van der Waals surface area contributed by atoms with Gasteiger partial charge in [0.15, 0.2) is 0 Å². The Morgan fingerprint density at radius 3 is 2.35 bits per heavy atom. The fourth-order valence-electron chi connectivity index (χ4n) is 5.33. The van der Waals surface area contributed by atoms with Crippen LogP contribution in [0.1, 0.15) is 45.1 Å². The van der Waals surface area contributed by atoms with Crippen molar-refractivity contribution in [2.24, 2.45) is 5.92 Å². The number of nitrogens with zero attached hydrogens (tertiary/aromatic N) is 4. The summed E-state index contributed by atoms with van der Waals surface area (Å²) in [6.45, 7) is 8.72. The van der Waals surface area contributed by atoms with Crippen LogP contribution in [0.4, 0.5) is 4.79 Å². The van der Waals surface area contributed by atoms with E-state index in [0.717, 1.165) is 74.3 Å². The molecule has 3 fully saturated rings. The van der Waals surface area contributed by atoms with Gasteiger partial charge >= 0.3 is 6.09 Å². The van der Waals surface area contributed by atoms with Gasteiger partial charge < -0.3 is 19.7 Å². The lowest BCUT2D eigenvalue weighted by Gasteiger charge is -2.31. The summed E-state index contributed by atoms with van der Waals surface area (Å²) in [5.41, 5.74) is 2.73. The van der Waals surface area contributed by atoms with Crippen molar-refractivity contribution in [1.82, 2.24) is 25.2 Å². The minimum Gasteiger partial charge on any atom is -0.494 e. The highest BCUT2D eigenvalue weighted by atomic mass is 16.6. The maximum atomic E-state index is 12.8. The van der Waals surface area contributed by atoms with E-state index in [4.69, 9.17) is 9.47 Å². The van der Waals surface area contributed by atoms with E-state index >= 15 is 0 Å². The molecule has 196 valence electrons. The standard InChI is InChI=1S/C29H37N5O3/c1-29(2,31-28(35)37-27-14-19-33-17-12-24(27)13-18-33)25-8-4-22(5-9-25)23-6-10-26(11-7-23)36-21-3-16-34-20-15-30-32-34/h4-11,15,20,24,27H,3,12-14,16-19,21H2,1-2H3,(H,31,35). The molecule has 3 saturated heterocycles. The topological polar surface area (TPSA) is 81.5 Å². The molecule has 2 aromatic carbocycles. The average Bonchev–Trinajstić information content (AvgIpc) is 3.28. The van der Waals surface area contributed by atoms with Gasteiger partial charge in [-0.3, -0.25) is 4.68 Å². The number of benzene rings is 2. The first-order chi connectivity index (χ1) is 18.0. The van der Waals surface area contributed by atoms with Crippen LogP contribution in [-0.2, 0) is 16.8 Å². The van der Waals surface area contributed by atoms with Gasteiger partial charge in [-0.1, -0.05) is 41.6 Å². The van der Waals surface area contributed by atoms with Crippen LogP contribution >= 0.6 is 0 Å². The van der Waals surface area contributed by atoms with Crippen LogP contribution in [0.25, 0.3) is 11.1 Å². The van der Waals surface area contributed by atoms with Gasteiger partial charge in [-0.25, -0.2) is 4.79 Å². The van der Waals surface area contributed by atoms with E-state index in [1.807, 2.05) is 32.2 Å². The molecule has 1 amide bonds. The van der Waals surface area contributed by atoms with Crippen molar-refractivity contribution >= 4 is 6.09 Å². The number of rotatable bonds is 9. The van der Waals surface area contributed by atoms with Crippen molar-refractivity contribution in [3.05, 3.63) is 66.5 Å². The zero-order valence-corrected chi connectivity index (χ0v) is 21.8. The number of piperidine rings is 1. The summed E-state index contributed by atoms with van der Waals surface area (Å²) in [5.74, 6) is 1.34. The Bertz CT molecular complexity index is 1140. The Morgan fingerprint density at radius 2 is 1.68 bits per heavy atom. The number of nitrogens with one attached hydrogen (secondary N) is 1. The molecule has 4 heterocycles. The Kier molecular flexibility index (Phi) is 7.74. The van der Waals surface area contributed by atoms with Crippen LogP contribution in [0.3, 0.4) is 0 Å². The van der Waals surface area contributed by atoms with Gasteiger partial charge in [0.25, 0.3) is 0 Å². The Balaban J connectivity index is 1.12. The van der Waals surface area contributed by atoms with Gasteiger partial charge in [-0.2, -0.15) is 0 Å². The molecule has 0 spiro atoms. The third kappa shape index (κ3) is 6.49. The van der Waals surface area contributed by atoms with Crippen molar-refractivity contribution < 1.29 is 14.3 Å². The minimum absolute atomic E-state index is 0.0197. The molecule has 3 aliphatic heterocycles. The first-order valence-corrected chi connectivity index (χ1v) is 13.4. The van der Waals surface area contributed by atoms with Gasteiger partial charge in [0, 0.05) is 25.7 Å². The number of fused-ring (bicyclic) bond motifs is 4. The molecule has 1 atom stereocenters. The lowest BCUT2D eigenvalue weighted by Crippen LogP contribution is -2.43. The van der Waals surface area contributed by atoms with Gasteiger partial charge in [-0.05, 0) is 80.9 Å². The SMILES string of the molecule is CC(C)(NC(=O)OC1CCN2CCC1CC2)c1ccc(-c2ccc(OCCCn3ccnn3)cc2)cc1. The lowest BCUT2D eigenvalue weighted by atomic mass is 9.92. The van der Waals surface area contributed by atoms with E-state index in [2.05, 4.69) is 56.9 Å². The molecule has 1 aromatic heterocycles. The number of aryl methyl sites for hydroxylation is 1. The molecule has 6 rings (SSSR count). The Labute approximate surface area is 219 Å². The molecule has 2 bridgehead atoms. The Hall–Kier alpha value is -3.39. The quantitative estimate of drug-likeness (QED) is 0.420. The molecule has 1 unspecified atom stereocenters. The highest BCUT2D eigenvalue weighted by Gasteiger charge is 2.34. The molecular weight excluding hydrogens is 466 g/mol. The molecule has 0 radical (unpaired) electrons. The molecule has 8 heteroatoms. The number of hydrogen-bond acceptors (Lipinski definition) is 6. The lowest BCUT2D eigenvalue weighted by molar-refractivity contribution is 0.0514. The third-order valence-corrected chi connectivity index (χ3v) is 7.63. The van der Waals surface area contributed by atoms with E-state index in [9.17, 15) is 4.79 Å². The summed E-state index contributed by atoms with van der Waals surface area (Å²) in [6.07, 6.45) is 7.27. The average molecular weight is 504 g/mol. The first-order valence-electron chi connectivity index (χ1n) is 13.4. The summed E-state index contributed by atoms with van der Waals surface area (Å²) in [7, 11) is 0.